The summed E-state index contributed by atoms with van der Waals surface area (Å²) in [4.78, 5) is 30.7. The number of aliphatic carboxylic acids is 3. The molecule has 0 aliphatic rings. The molecular formula is C9H11O7-3. The van der Waals surface area contributed by atoms with Gasteiger partial charge < -0.3 is 34.8 Å². The lowest BCUT2D eigenvalue weighted by molar-refractivity contribution is -0.330. The normalized spacial score (nSPS) is 14.1. The molecular weight excluding hydrogens is 220 g/mol. The van der Waals surface area contributed by atoms with Crippen LogP contribution in [0.25, 0.3) is 0 Å². The molecule has 0 saturated carbocycles. The second-order valence-electron chi connectivity index (χ2n) is 3.31. The number of unbranched alkanes of at least 4 members (excludes halogenated alkanes) is 1. The van der Waals surface area contributed by atoms with Crippen LogP contribution in [0.3, 0.4) is 0 Å². The Morgan fingerprint density at radius 2 is 1.56 bits per heavy atom. The molecule has 0 radical (unpaired) electrons. The largest absolute Gasteiger partial charge is 0.550 e. The highest BCUT2D eigenvalue weighted by atomic mass is 16.4. The van der Waals surface area contributed by atoms with Crippen LogP contribution in [0.4, 0.5) is 0 Å². The summed E-state index contributed by atoms with van der Waals surface area (Å²) in [5, 5.41) is 39.7. The number of hydrogen-bond acceptors (Lipinski definition) is 7. The number of carboxylic acid groups (broad SMARTS) is 3. The van der Waals surface area contributed by atoms with Gasteiger partial charge in [-0.2, -0.15) is 0 Å². The lowest BCUT2D eigenvalue weighted by Gasteiger charge is -2.24. The van der Waals surface area contributed by atoms with E-state index in [9.17, 15) is 29.7 Å². The Morgan fingerprint density at radius 3 is 1.94 bits per heavy atom. The van der Waals surface area contributed by atoms with Crippen LogP contribution in [-0.4, -0.2) is 29.1 Å². The number of aliphatic hydroxyl groups is 1. The third-order valence-corrected chi connectivity index (χ3v) is 2.07. The highest BCUT2D eigenvalue weighted by molar-refractivity contribution is 5.79. The van der Waals surface area contributed by atoms with E-state index in [1.165, 1.54) is 0 Å². The third kappa shape index (κ3) is 5.30. The van der Waals surface area contributed by atoms with E-state index in [1.54, 1.807) is 0 Å². The molecule has 7 heteroatoms. The van der Waals surface area contributed by atoms with E-state index in [2.05, 4.69) is 0 Å². The average Bonchev–Trinajstić information content (AvgIpc) is 2.15. The Balaban J connectivity index is 4.10. The number of rotatable bonds is 8. The molecule has 0 aliphatic carbocycles. The predicted octanol–water partition coefficient (Wildman–Crippen LogP) is -4.23. The lowest BCUT2D eigenvalue weighted by Crippen LogP contribution is -2.47. The van der Waals surface area contributed by atoms with Crippen molar-refractivity contribution in [2.45, 2.75) is 31.8 Å². The maximum Gasteiger partial charge on any atom is 0.101 e. The Labute approximate surface area is 91.3 Å². The van der Waals surface area contributed by atoms with E-state index >= 15 is 0 Å². The van der Waals surface area contributed by atoms with Gasteiger partial charge in [-0.05, 0) is 19.3 Å². The van der Waals surface area contributed by atoms with Gasteiger partial charge in [-0.15, -0.1) is 0 Å². The van der Waals surface area contributed by atoms with Crippen molar-refractivity contribution in [1.82, 2.24) is 0 Å². The quantitative estimate of drug-likeness (QED) is 0.417. The van der Waals surface area contributed by atoms with Gasteiger partial charge in [0.25, 0.3) is 0 Å². The van der Waals surface area contributed by atoms with Crippen LogP contribution in [0, 0.1) is 5.92 Å². The van der Waals surface area contributed by atoms with E-state index < -0.39 is 29.9 Å². The fraction of sp³-hybridized carbons (Fsp3) is 0.667. The van der Waals surface area contributed by atoms with Crippen LogP contribution >= 0.6 is 0 Å². The van der Waals surface area contributed by atoms with Gasteiger partial charge in [0.2, 0.25) is 0 Å². The second-order valence-corrected chi connectivity index (χ2v) is 3.31. The molecule has 7 nitrogen and oxygen atoms in total. The monoisotopic (exact) mass is 231 g/mol. The fourth-order valence-corrected chi connectivity index (χ4v) is 1.20. The smallest absolute Gasteiger partial charge is 0.101 e. The van der Waals surface area contributed by atoms with Gasteiger partial charge >= 0.3 is 0 Å². The van der Waals surface area contributed by atoms with Gasteiger partial charge in [0.15, 0.2) is 0 Å². The van der Waals surface area contributed by atoms with E-state index in [0.717, 1.165) is 0 Å². The summed E-state index contributed by atoms with van der Waals surface area (Å²) in [6.07, 6.45) is -2.30. The van der Waals surface area contributed by atoms with Crippen LogP contribution in [0.2, 0.25) is 0 Å². The molecule has 0 aromatic heterocycles. The molecule has 0 aliphatic heterocycles. The SMILES string of the molecule is O=C([O-])CCCCC(C(=O)[O-])C(O)C(=O)[O-]. The molecule has 0 bridgehead atoms. The lowest BCUT2D eigenvalue weighted by atomic mass is 9.95. The molecule has 0 heterocycles. The van der Waals surface area contributed by atoms with Crippen molar-refractivity contribution in [3.63, 3.8) is 0 Å². The van der Waals surface area contributed by atoms with Crippen molar-refractivity contribution >= 4 is 17.9 Å². The maximum absolute atomic E-state index is 10.5. The molecule has 0 saturated heterocycles. The molecule has 92 valence electrons. The first-order chi connectivity index (χ1) is 7.36. The van der Waals surface area contributed by atoms with E-state index in [0.29, 0.717) is 0 Å². The van der Waals surface area contributed by atoms with Crippen molar-refractivity contribution in [3.8, 4) is 0 Å². The highest BCUT2D eigenvalue weighted by Gasteiger charge is 2.20. The van der Waals surface area contributed by atoms with Gasteiger partial charge in [-0.1, -0.05) is 6.42 Å². The van der Waals surface area contributed by atoms with E-state index in [-0.39, 0.29) is 25.7 Å². The zero-order valence-electron chi connectivity index (χ0n) is 8.38. The van der Waals surface area contributed by atoms with Crippen LogP contribution in [-0.2, 0) is 14.4 Å². The summed E-state index contributed by atoms with van der Waals surface area (Å²) in [6, 6.07) is 0. The number of carbonyl (C=O) groups excluding carboxylic acids is 3. The number of carboxylic acids is 3. The summed E-state index contributed by atoms with van der Waals surface area (Å²) < 4.78 is 0. The predicted molar refractivity (Wildman–Crippen MR) is 43.0 cm³/mol. The molecule has 0 amide bonds. The molecule has 0 rings (SSSR count). The molecule has 0 fully saturated rings. The number of aliphatic hydroxyl groups excluding tert-OH is 1. The second kappa shape index (κ2) is 6.78. The van der Waals surface area contributed by atoms with Gasteiger partial charge in [0.05, 0.1) is 5.97 Å². The Bertz CT molecular complexity index is 273. The molecule has 0 spiro atoms. The standard InChI is InChI=1S/C9H14O7/c10-6(11)4-2-1-3-5(8(13)14)7(12)9(15)16/h5,7,12H,1-4H2,(H,10,11)(H,13,14)(H,15,16)/p-3. The fourth-order valence-electron chi connectivity index (χ4n) is 1.20. The summed E-state index contributed by atoms with van der Waals surface area (Å²) >= 11 is 0. The topological polar surface area (TPSA) is 141 Å². The van der Waals surface area contributed by atoms with Crippen molar-refractivity contribution in [2.75, 3.05) is 0 Å². The zero-order valence-corrected chi connectivity index (χ0v) is 8.38. The van der Waals surface area contributed by atoms with Crippen molar-refractivity contribution < 1.29 is 34.8 Å². The molecule has 2 unspecified atom stereocenters. The van der Waals surface area contributed by atoms with Crippen LogP contribution in [0.5, 0.6) is 0 Å². The Hall–Kier alpha value is -1.63. The van der Waals surface area contributed by atoms with Crippen molar-refractivity contribution in [1.29, 1.82) is 0 Å². The average molecular weight is 231 g/mol. The Morgan fingerprint density at radius 1 is 1.00 bits per heavy atom. The first kappa shape index (κ1) is 14.4. The van der Waals surface area contributed by atoms with E-state index in [4.69, 9.17) is 5.11 Å². The van der Waals surface area contributed by atoms with Crippen LogP contribution in [0.1, 0.15) is 25.7 Å². The summed E-state index contributed by atoms with van der Waals surface area (Å²) in [5.41, 5.74) is 0. The molecule has 16 heavy (non-hydrogen) atoms. The number of hydrogen-bond donors (Lipinski definition) is 1. The van der Waals surface area contributed by atoms with Gasteiger partial charge in [0.1, 0.15) is 6.10 Å². The first-order valence-electron chi connectivity index (χ1n) is 4.66. The van der Waals surface area contributed by atoms with Crippen molar-refractivity contribution in [3.05, 3.63) is 0 Å². The van der Waals surface area contributed by atoms with Crippen LogP contribution in [0.15, 0.2) is 0 Å². The first-order valence-corrected chi connectivity index (χ1v) is 4.66. The maximum atomic E-state index is 10.5. The van der Waals surface area contributed by atoms with E-state index in [1.807, 2.05) is 0 Å². The number of carbonyl (C=O) groups is 3. The van der Waals surface area contributed by atoms with Gasteiger partial charge in [0, 0.05) is 17.9 Å². The van der Waals surface area contributed by atoms with Crippen LogP contribution < -0.4 is 15.3 Å². The zero-order chi connectivity index (χ0) is 12.7. The third-order valence-electron chi connectivity index (χ3n) is 2.07. The molecule has 2 atom stereocenters. The molecule has 0 aromatic carbocycles. The minimum atomic E-state index is -2.15. The van der Waals surface area contributed by atoms with Crippen molar-refractivity contribution in [2.24, 2.45) is 5.92 Å². The summed E-state index contributed by atoms with van der Waals surface area (Å²) in [5.74, 6) is -6.46. The van der Waals surface area contributed by atoms with Gasteiger partial charge in [-0.25, -0.2) is 0 Å². The molecule has 0 aromatic rings. The molecule has 1 N–H and O–H groups in total. The summed E-state index contributed by atoms with van der Waals surface area (Å²) in [7, 11) is 0. The minimum Gasteiger partial charge on any atom is -0.550 e. The van der Waals surface area contributed by atoms with Gasteiger partial charge in [-0.3, -0.25) is 0 Å². The summed E-state index contributed by atoms with van der Waals surface area (Å²) in [6.45, 7) is 0. The Kier molecular flexibility index (Phi) is 6.09. The highest BCUT2D eigenvalue weighted by Crippen LogP contribution is 2.13. The minimum absolute atomic E-state index is 0.136.